The van der Waals surface area contributed by atoms with Gasteiger partial charge in [0.15, 0.2) is 0 Å². The second-order valence-corrected chi connectivity index (χ2v) is 5.48. The minimum atomic E-state index is -0.924. The molecule has 0 atom stereocenters. The van der Waals surface area contributed by atoms with Crippen molar-refractivity contribution in [2.75, 3.05) is 0 Å². The number of aromatic nitrogens is 1. The fourth-order valence-corrected chi connectivity index (χ4v) is 2.49. The molecule has 0 spiro atoms. The van der Waals surface area contributed by atoms with E-state index in [0.29, 0.717) is 17.7 Å². The minimum absolute atomic E-state index is 0.0797. The number of fused-ring (bicyclic) bond motifs is 1. The molecule has 5 nitrogen and oxygen atoms in total. The van der Waals surface area contributed by atoms with E-state index in [1.807, 2.05) is 36.4 Å². The van der Waals surface area contributed by atoms with Crippen molar-refractivity contribution in [1.29, 1.82) is 0 Å². The number of ether oxygens (including phenoxy) is 1. The van der Waals surface area contributed by atoms with E-state index in [9.17, 15) is 9.59 Å². The van der Waals surface area contributed by atoms with Gasteiger partial charge in [-0.15, -0.1) is 0 Å². The molecule has 0 aliphatic heterocycles. The quantitative estimate of drug-likeness (QED) is 0.757. The van der Waals surface area contributed by atoms with E-state index in [1.165, 1.54) is 4.57 Å². The molecule has 1 N–H and O–H groups in total. The summed E-state index contributed by atoms with van der Waals surface area (Å²) in [6.45, 7) is 0.623. The number of carboxylic acids is 1. The van der Waals surface area contributed by atoms with E-state index < -0.39 is 5.97 Å². The largest absolute Gasteiger partial charge is 0.489 e. The highest BCUT2D eigenvalue weighted by Gasteiger charge is 2.06. The number of hydrogen-bond acceptors (Lipinski definition) is 3. The summed E-state index contributed by atoms with van der Waals surface area (Å²) < 4.78 is 7.18. The normalized spacial score (nSPS) is 10.7. The third-order valence-corrected chi connectivity index (χ3v) is 3.76. The van der Waals surface area contributed by atoms with Gasteiger partial charge < -0.3 is 14.4 Å². The Hall–Kier alpha value is -3.08. The molecule has 0 aliphatic carbocycles. The molecule has 24 heavy (non-hydrogen) atoms. The van der Waals surface area contributed by atoms with Gasteiger partial charge in [0.25, 0.3) is 5.56 Å². The molecule has 1 aromatic heterocycles. The lowest BCUT2D eigenvalue weighted by Crippen LogP contribution is -2.20. The Labute approximate surface area is 138 Å². The molecular weight excluding hydrogens is 306 g/mol. The van der Waals surface area contributed by atoms with Crippen LogP contribution in [0.3, 0.4) is 0 Å². The van der Waals surface area contributed by atoms with Gasteiger partial charge in [0.05, 0.1) is 6.42 Å². The average molecular weight is 323 g/mol. The van der Waals surface area contributed by atoms with E-state index >= 15 is 0 Å². The summed E-state index contributed by atoms with van der Waals surface area (Å²) in [4.78, 5) is 23.0. The number of carboxylic acid groups (broad SMARTS) is 1. The van der Waals surface area contributed by atoms with Crippen LogP contribution in [-0.4, -0.2) is 15.6 Å². The molecule has 0 saturated carbocycles. The van der Waals surface area contributed by atoms with Gasteiger partial charge >= 0.3 is 5.97 Å². The molecule has 0 unspecified atom stereocenters. The maximum Gasteiger partial charge on any atom is 0.305 e. The van der Waals surface area contributed by atoms with Crippen LogP contribution in [0.4, 0.5) is 0 Å². The van der Waals surface area contributed by atoms with Gasteiger partial charge in [-0.25, -0.2) is 0 Å². The number of aliphatic carboxylic acids is 1. The van der Waals surface area contributed by atoms with E-state index in [1.54, 1.807) is 24.4 Å². The van der Waals surface area contributed by atoms with Crippen molar-refractivity contribution in [1.82, 2.24) is 4.57 Å². The van der Waals surface area contributed by atoms with Crippen molar-refractivity contribution >= 4 is 16.7 Å². The summed E-state index contributed by atoms with van der Waals surface area (Å²) in [7, 11) is 0. The first-order valence-corrected chi connectivity index (χ1v) is 7.65. The zero-order valence-electron chi connectivity index (χ0n) is 13.0. The predicted octanol–water partition coefficient (Wildman–Crippen LogP) is 3.06. The zero-order chi connectivity index (χ0) is 16.9. The molecule has 1 heterocycles. The molecule has 0 bridgehead atoms. The van der Waals surface area contributed by atoms with Crippen LogP contribution >= 0.6 is 0 Å². The summed E-state index contributed by atoms with van der Waals surface area (Å²) in [5, 5.41) is 10.1. The first-order chi connectivity index (χ1) is 11.6. The predicted molar refractivity (Wildman–Crippen MR) is 91.2 cm³/mol. The Morgan fingerprint density at radius 2 is 1.88 bits per heavy atom. The van der Waals surface area contributed by atoms with Gasteiger partial charge in [0, 0.05) is 18.1 Å². The van der Waals surface area contributed by atoms with Crippen LogP contribution in [0.15, 0.2) is 65.6 Å². The van der Waals surface area contributed by atoms with Gasteiger partial charge in [-0.05, 0) is 35.2 Å². The third-order valence-electron chi connectivity index (χ3n) is 3.76. The van der Waals surface area contributed by atoms with E-state index in [0.717, 1.165) is 10.9 Å². The molecule has 0 radical (unpaired) electrons. The van der Waals surface area contributed by atoms with Crippen LogP contribution in [-0.2, 0) is 17.9 Å². The van der Waals surface area contributed by atoms with Crippen molar-refractivity contribution in [3.05, 3.63) is 76.7 Å². The summed E-state index contributed by atoms with van der Waals surface area (Å²) in [6.07, 6.45) is 1.54. The SMILES string of the molecule is O=C(O)CCn1ccc2cc(OCc3ccccc3)ccc2c1=O. The van der Waals surface area contributed by atoms with Gasteiger partial charge in [0.1, 0.15) is 12.4 Å². The lowest BCUT2D eigenvalue weighted by Gasteiger charge is -2.09. The van der Waals surface area contributed by atoms with Crippen LogP contribution in [0.1, 0.15) is 12.0 Å². The molecule has 0 amide bonds. The maximum absolute atomic E-state index is 12.4. The van der Waals surface area contributed by atoms with E-state index in [-0.39, 0.29) is 18.5 Å². The van der Waals surface area contributed by atoms with Crippen molar-refractivity contribution in [3.8, 4) is 5.75 Å². The second kappa shape index (κ2) is 7.00. The monoisotopic (exact) mass is 323 g/mol. The lowest BCUT2D eigenvalue weighted by molar-refractivity contribution is -0.137. The summed E-state index contributed by atoms with van der Waals surface area (Å²) in [5.74, 6) is -0.235. The summed E-state index contributed by atoms with van der Waals surface area (Å²) in [5.41, 5.74) is 0.880. The first kappa shape index (κ1) is 15.8. The number of aryl methyl sites for hydroxylation is 1. The van der Waals surface area contributed by atoms with Gasteiger partial charge in [-0.2, -0.15) is 0 Å². The van der Waals surface area contributed by atoms with E-state index in [2.05, 4.69) is 0 Å². The number of rotatable bonds is 6. The molecule has 3 aromatic rings. The Balaban J connectivity index is 1.80. The van der Waals surface area contributed by atoms with Crippen LogP contribution in [0, 0.1) is 0 Å². The fraction of sp³-hybridized carbons (Fsp3) is 0.158. The maximum atomic E-state index is 12.4. The number of hydrogen-bond donors (Lipinski definition) is 1. The minimum Gasteiger partial charge on any atom is -0.489 e. The van der Waals surface area contributed by atoms with Crippen LogP contribution < -0.4 is 10.3 Å². The molecular formula is C19H17NO4. The van der Waals surface area contributed by atoms with Crippen molar-refractivity contribution in [2.24, 2.45) is 0 Å². The van der Waals surface area contributed by atoms with Crippen molar-refractivity contribution in [3.63, 3.8) is 0 Å². The Morgan fingerprint density at radius 3 is 2.62 bits per heavy atom. The summed E-state index contributed by atoms with van der Waals surface area (Å²) in [6, 6.07) is 16.9. The number of pyridine rings is 1. The first-order valence-electron chi connectivity index (χ1n) is 7.65. The number of carbonyl (C=O) groups is 1. The highest BCUT2D eigenvalue weighted by atomic mass is 16.5. The van der Waals surface area contributed by atoms with Crippen LogP contribution in [0.2, 0.25) is 0 Å². The smallest absolute Gasteiger partial charge is 0.305 e. The fourth-order valence-electron chi connectivity index (χ4n) is 2.49. The molecule has 122 valence electrons. The summed E-state index contributed by atoms with van der Waals surface area (Å²) >= 11 is 0. The Kier molecular flexibility index (Phi) is 4.61. The second-order valence-electron chi connectivity index (χ2n) is 5.48. The molecule has 5 heteroatoms. The molecule has 0 fully saturated rings. The molecule has 3 rings (SSSR count). The highest BCUT2D eigenvalue weighted by Crippen LogP contribution is 2.19. The Morgan fingerprint density at radius 1 is 1.08 bits per heavy atom. The zero-order valence-corrected chi connectivity index (χ0v) is 13.0. The van der Waals surface area contributed by atoms with Crippen LogP contribution in [0.25, 0.3) is 10.8 Å². The van der Waals surface area contributed by atoms with Crippen molar-refractivity contribution < 1.29 is 14.6 Å². The Bertz CT molecular complexity index is 916. The average Bonchev–Trinajstić information content (AvgIpc) is 2.60. The van der Waals surface area contributed by atoms with Gasteiger partial charge in [-0.3, -0.25) is 9.59 Å². The van der Waals surface area contributed by atoms with Gasteiger partial charge in [0.2, 0.25) is 0 Å². The number of benzene rings is 2. The van der Waals surface area contributed by atoms with E-state index in [4.69, 9.17) is 9.84 Å². The van der Waals surface area contributed by atoms with Crippen LogP contribution in [0.5, 0.6) is 5.75 Å². The van der Waals surface area contributed by atoms with Gasteiger partial charge in [-0.1, -0.05) is 30.3 Å². The third kappa shape index (κ3) is 3.63. The molecule has 0 aliphatic rings. The highest BCUT2D eigenvalue weighted by molar-refractivity contribution is 5.82. The molecule has 0 saturated heterocycles. The number of nitrogens with zero attached hydrogens (tertiary/aromatic N) is 1. The van der Waals surface area contributed by atoms with Crippen molar-refractivity contribution in [2.45, 2.75) is 19.6 Å². The lowest BCUT2D eigenvalue weighted by atomic mass is 10.1. The molecule has 2 aromatic carbocycles. The topological polar surface area (TPSA) is 68.5 Å². The standard InChI is InChI=1S/C19H17NO4/c21-18(22)9-11-20-10-8-15-12-16(6-7-17(15)19(20)23)24-13-14-4-2-1-3-5-14/h1-8,10,12H,9,11,13H2,(H,21,22).